The van der Waals surface area contributed by atoms with E-state index in [2.05, 4.69) is 20.0 Å². The number of rotatable bonds is 6. The first-order valence-electron chi connectivity index (χ1n) is 7.97. The predicted molar refractivity (Wildman–Crippen MR) is 85.4 cm³/mol. The first-order valence-corrected chi connectivity index (χ1v) is 7.97. The molecule has 0 aliphatic heterocycles. The summed E-state index contributed by atoms with van der Waals surface area (Å²) in [5, 5.41) is 5.50. The van der Waals surface area contributed by atoms with Crippen molar-refractivity contribution in [1.82, 2.24) is 20.0 Å². The van der Waals surface area contributed by atoms with Gasteiger partial charge in [0.25, 0.3) is 11.5 Å². The molecular weight excluding hydrogens is 353 g/mol. The molecule has 26 heavy (non-hydrogen) atoms. The summed E-state index contributed by atoms with van der Waals surface area (Å²) >= 11 is 0. The molecule has 2 aromatic heterocycles. The van der Waals surface area contributed by atoms with Gasteiger partial charge in [0.2, 0.25) is 0 Å². The molecule has 0 bridgehead atoms. The Morgan fingerprint density at radius 2 is 2.08 bits per heavy atom. The van der Waals surface area contributed by atoms with Gasteiger partial charge in [-0.05, 0) is 30.9 Å². The topological polar surface area (TPSA) is 90.0 Å². The Hall–Kier alpha value is -2.65. The van der Waals surface area contributed by atoms with Crippen molar-refractivity contribution in [1.29, 1.82) is 0 Å². The van der Waals surface area contributed by atoms with Gasteiger partial charge >= 0.3 is 12.1 Å². The molecule has 0 radical (unpaired) electrons. The van der Waals surface area contributed by atoms with Crippen LogP contribution in [0.2, 0.25) is 0 Å². The van der Waals surface area contributed by atoms with E-state index in [4.69, 9.17) is 0 Å². The first-order chi connectivity index (χ1) is 12.1. The maximum absolute atomic E-state index is 12.5. The molecule has 7 nitrogen and oxygen atoms in total. The number of hydrogen-bond acceptors (Lipinski definition) is 5. The average Bonchev–Trinajstić information content (AvgIpc) is 3.01. The fourth-order valence-corrected chi connectivity index (χ4v) is 2.20. The Kier molecular flexibility index (Phi) is 5.83. The zero-order chi connectivity index (χ0) is 19.5. The minimum Gasteiger partial charge on any atom is -0.344 e. The number of carbonyl (C=O) groups excluding carboxylic acids is 1. The second-order valence-corrected chi connectivity index (χ2v) is 6.25. The van der Waals surface area contributed by atoms with Crippen LogP contribution in [0.1, 0.15) is 47.9 Å². The highest BCUT2D eigenvalue weighted by atomic mass is 19.4. The molecule has 0 atom stereocenters. The minimum absolute atomic E-state index is 0.0594. The van der Waals surface area contributed by atoms with Crippen molar-refractivity contribution in [3.63, 3.8) is 0 Å². The van der Waals surface area contributed by atoms with Crippen LogP contribution in [0, 0.1) is 12.8 Å². The Bertz CT molecular complexity index is 840. The molecule has 10 heteroatoms. The molecule has 0 fully saturated rings. The lowest BCUT2D eigenvalue weighted by Crippen LogP contribution is -2.34. The Labute approximate surface area is 147 Å². The molecule has 1 amide bonds. The van der Waals surface area contributed by atoms with Crippen molar-refractivity contribution in [2.45, 2.75) is 46.5 Å². The van der Waals surface area contributed by atoms with Crippen molar-refractivity contribution in [3.05, 3.63) is 45.5 Å². The number of carbonyl (C=O) groups is 1. The largest absolute Gasteiger partial charge is 0.471 e. The van der Waals surface area contributed by atoms with Crippen LogP contribution >= 0.6 is 0 Å². The second-order valence-electron chi connectivity index (χ2n) is 6.25. The third-order valence-electron chi connectivity index (χ3n) is 3.67. The summed E-state index contributed by atoms with van der Waals surface area (Å²) in [5.41, 5.74) is -0.0413. The zero-order valence-corrected chi connectivity index (χ0v) is 14.6. The van der Waals surface area contributed by atoms with Crippen LogP contribution in [0.3, 0.4) is 0 Å². The standard InChI is InChI=1S/C16H19F3N4O3/c1-9(2)4-6-23-7-5-10(3)12(14(23)25)13(24)20-8-11-21-15(26-22-11)16(17,18)19/h5,7,9H,4,6,8H2,1-3H3,(H,20,24). The summed E-state index contributed by atoms with van der Waals surface area (Å²) < 4.78 is 42.8. The summed E-state index contributed by atoms with van der Waals surface area (Å²) in [4.78, 5) is 28.0. The van der Waals surface area contributed by atoms with Crippen molar-refractivity contribution in [2.24, 2.45) is 5.92 Å². The Morgan fingerprint density at radius 1 is 1.38 bits per heavy atom. The van der Waals surface area contributed by atoms with Crippen LogP contribution in [-0.4, -0.2) is 20.6 Å². The van der Waals surface area contributed by atoms with E-state index in [1.165, 1.54) is 4.57 Å². The van der Waals surface area contributed by atoms with Gasteiger partial charge in [-0.3, -0.25) is 9.59 Å². The predicted octanol–water partition coefficient (Wildman–Crippen LogP) is 2.53. The number of nitrogens with zero attached hydrogens (tertiary/aromatic N) is 3. The van der Waals surface area contributed by atoms with Crippen molar-refractivity contribution < 1.29 is 22.5 Å². The Morgan fingerprint density at radius 3 is 2.65 bits per heavy atom. The lowest BCUT2D eigenvalue weighted by molar-refractivity contribution is -0.159. The minimum atomic E-state index is -4.75. The molecule has 0 saturated carbocycles. The van der Waals surface area contributed by atoms with Crippen molar-refractivity contribution >= 4 is 5.91 Å². The number of hydrogen-bond donors (Lipinski definition) is 1. The smallest absolute Gasteiger partial charge is 0.344 e. The lowest BCUT2D eigenvalue weighted by Gasteiger charge is -2.11. The number of nitrogens with one attached hydrogen (secondary N) is 1. The van der Waals surface area contributed by atoms with Gasteiger partial charge in [0.05, 0.1) is 6.54 Å². The summed E-state index contributed by atoms with van der Waals surface area (Å²) in [6.45, 7) is 5.73. The number of halogens is 3. The SMILES string of the molecule is Cc1ccn(CCC(C)C)c(=O)c1C(=O)NCc1noc(C(F)(F)F)n1. The Balaban J connectivity index is 2.13. The lowest BCUT2D eigenvalue weighted by atomic mass is 10.1. The molecule has 1 N–H and O–H groups in total. The van der Waals surface area contributed by atoms with Crippen LogP contribution in [0.25, 0.3) is 0 Å². The third-order valence-corrected chi connectivity index (χ3v) is 3.67. The summed E-state index contributed by atoms with van der Waals surface area (Å²) in [5.74, 6) is -2.14. The highest BCUT2D eigenvalue weighted by Gasteiger charge is 2.38. The molecule has 2 rings (SSSR count). The van der Waals surface area contributed by atoms with Crippen LogP contribution in [-0.2, 0) is 19.3 Å². The number of pyridine rings is 1. The number of aromatic nitrogens is 3. The molecule has 142 valence electrons. The quantitative estimate of drug-likeness (QED) is 0.842. The fraction of sp³-hybridized carbons (Fsp3) is 0.500. The second kappa shape index (κ2) is 7.71. The monoisotopic (exact) mass is 372 g/mol. The molecule has 0 spiro atoms. The van der Waals surface area contributed by atoms with Crippen molar-refractivity contribution in [2.75, 3.05) is 0 Å². The molecule has 0 saturated heterocycles. The van der Waals surface area contributed by atoms with E-state index in [-0.39, 0.29) is 11.4 Å². The summed E-state index contributed by atoms with van der Waals surface area (Å²) in [7, 11) is 0. The van der Waals surface area contributed by atoms with Crippen molar-refractivity contribution in [3.8, 4) is 0 Å². The van der Waals surface area contributed by atoms with Gasteiger partial charge in [-0.1, -0.05) is 19.0 Å². The van der Waals surface area contributed by atoms with Gasteiger partial charge < -0.3 is 14.4 Å². The zero-order valence-electron chi connectivity index (χ0n) is 14.6. The summed E-state index contributed by atoms with van der Waals surface area (Å²) in [6, 6.07) is 1.65. The van der Waals surface area contributed by atoms with Gasteiger partial charge in [0.1, 0.15) is 5.56 Å². The number of alkyl halides is 3. The van der Waals surface area contributed by atoms with Crippen LogP contribution in [0.5, 0.6) is 0 Å². The van der Waals surface area contributed by atoms with Crippen LogP contribution in [0.15, 0.2) is 21.6 Å². The molecule has 0 aliphatic carbocycles. The van der Waals surface area contributed by atoms with Gasteiger partial charge in [-0.2, -0.15) is 18.2 Å². The third kappa shape index (κ3) is 4.70. The van der Waals surface area contributed by atoms with E-state index in [0.717, 1.165) is 6.42 Å². The molecule has 0 aliphatic rings. The van der Waals surface area contributed by atoms with Gasteiger partial charge in [-0.15, -0.1) is 0 Å². The molecule has 2 heterocycles. The molecule has 0 unspecified atom stereocenters. The van der Waals surface area contributed by atoms with Crippen LogP contribution < -0.4 is 10.9 Å². The van der Waals surface area contributed by atoms with E-state index in [1.807, 2.05) is 13.8 Å². The first kappa shape index (κ1) is 19.7. The highest BCUT2D eigenvalue weighted by molar-refractivity contribution is 5.95. The normalized spacial score (nSPS) is 11.8. The molecule has 0 aromatic carbocycles. The maximum Gasteiger partial charge on any atom is 0.471 e. The van der Waals surface area contributed by atoms with Gasteiger partial charge in [-0.25, -0.2) is 0 Å². The average molecular weight is 372 g/mol. The van der Waals surface area contributed by atoms with E-state index in [1.54, 1.807) is 19.2 Å². The molecular formula is C16H19F3N4O3. The summed E-state index contributed by atoms with van der Waals surface area (Å²) in [6.07, 6.45) is -2.37. The van der Waals surface area contributed by atoms with Gasteiger partial charge in [0.15, 0.2) is 5.82 Å². The van der Waals surface area contributed by atoms with Crippen LogP contribution in [0.4, 0.5) is 13.2 Å². The van der Waals surface area contributed by atoms with E-state index >= 15 is 0 Å². The number of amides is 1. The maximum atomic E-state index is 12.5. The van der Waals surface area contributed by atoms with E-state index in [9.17, 15) is 22.8 Å². The highest BCUT2D eigenvalue weighted by Crippen LogP contribution is 2.27. The fourth-order valence-electron chi connectivity index (χ4n) is 2.20. The van der Waals surface area contributed by atoms with Gasteiger partial charge in [0, 0.05) is 12.7 Å². The molecule has 2 aromatic rings. The van der Waals surface area contributed by atoms with E-state index < -0.39 is 30.1 Å². The van der Waals surface area contributed by atoms with E-state index in [0.29, 0.717) is 18.0 Å². The number of aryl methyl sites for hydroxylation is 2.